The van der Waals surface area contributed by atoms with Gasteiger partial charge in [-0.2, -0.15) is 0 Å². The second-order valence-electron chi connectivity index (χ2n) is 14.1. The minimum absolute atomic E-state index is 0.0551. The number of esters is 2. The van der Waals surface area contributed by atoms with Crippen molar-refractivity contribution in [3.8, 4) is 0 Å². The molecule has 0 aromatic heterocycles. The number of rotatable bonds is 32. The summed E-state index contributed by atoms with van der Waals surface area (Å²) in [5.41, 5.74) is 0. The Morgan fingerprint density at radius 3 is 1.61 bits per heavy atom. The average molecular weight is 851 g/mol. The summed E-state index contributed by atoms with van der Waals surface area (Å²) >= 11 is 0. The molecule has 59 heavy (non-hydrogen) atoms. The number of phosphoric acid groups is 1. The molecular formula is C45H71O13P. The maximum Gasteiger partial charge on any atom is 0.472 e. The molecule has 13 nitrogen and oxygen atoms in total. The highest BCUT2D eigenvalue weighted by atomic mass is 31.2. The fourth-order valence-corrected chi connectivity index (χ4v) is 6.59. The first-order valence-corrected chi connectivity index (χ1v) is 22.6. The Kier molecular flexibility index (Phi) is 31.4. The molecule has 0 aromatic rings. The normalized spacial score (nSPS) is 23.3. The lowest BCUT2D eigenvalue weighted by molar-refractivity contribution is -0.220. The minimum Gasteiger partial charge on any atom is -0.462 e. The van der Waals surface area contributed by atoms with Gasteiger partial charge in [0.2, 0.25) is 0 Å². The fourth-order valence-electron chi connectivity index (χ4n) is 5.61. The van der Waals surface area contributed by atoms with Crippen LogP contribution < -0.4 is 0 Å². The molecule has 0 bridgehead atoms. The van der Waals surface area contributed by atoms with Crippen molar-refractivity contribution in [3.63, 3.8) is 0 Å². The van der Waals surface area contributed by atoms with Crippen molar-refractivity contribution in [1.82, 2.24) is 0 Å². The number of aliphatic hydroxyl groups is 5. The molecule has 14 heteroatoms. The van der Waals surface area contributed by atoms with E-state index >= 15 is 0 Å². The SMILES string of the molecule is CC/C=C/C=C/C=C/CCCCCCCC(=O)OC(COC(=O)CCC/C=C/C/C=C/C/C=C/C/C=C/C/C=C/CC)COP(=O)(O)OC1C(O)C(O)C(O)[C@H](O)C1O. The summed E-state index contributed by atoms with van der Waals surface area (Å²) in [5, 5.41) is 50.0. The topological polar surface area (TPSA) is 210 Å². The highest BCUT2D eigenvalue weighted by Gasteiger charge is 2.51. The van der Waals surface area contributed by atoms with Gasteiger partial charge in [-0.3, -0.25) is 18.6 Å². The van der Waals surface area contributed by atoms with E-state index in [1.807, 2.05) is 36.5 Å². The highest BCUT2D eigenvalue weighted by Crippen LogP contribution is 2.47. The molecule has 334 valence electrons. The summed E-state index contributed by atoms with van der Waals surface area (Å²) in [4.78, 5) is 35.6. The van der Waals surface area contributed by atoms with E-state index in [2.05, 4.69) is 74.6 Å². The second kappa shape index (κ2) is 34.5. The van der Waals surface area contributed by atoms with Crippen molar-refractivity contribution in [2.45, 2.75) is 159 Å². The number of aliphatic hydroxyl groups excluding tert-OH is 5. The predicted octanol–water partition coefficient (Wildman–Crippen LogP) is 7.49. The third-order valence-corrected chi connectivity index (χ3v) is 9.97. The van der Waals surface area contributed by atoms with Gasteiger partial charge in [0.15, 0.2) is 6.10 Å². The molecule has 0 amide bonds. The Balaban J connectivity index is 2.56. The van der Waals surface area contributed by atoms with Crippen LogP contribution in [0.15, 0.2) is 97.2 Å². The zero-order valence-corrected chi connectivity index (χ0v) is 35.9. The molecule has 0 aliphatic heterocycles. The van der Waals surface area contributed by atoms with E-state index in [9.17, 15) is 44.6 Å². The maximum atomic E-state index is 12.8. The number of unbranched alkanes of at least 4 members (excludes halogenated alkanes) is 6. The average Bonchev–Trinajstić information content (AvgIpc) is 3.21. The molecule has 8 atom stereocenters. The van der Waals surface area contributed by atoms with Gasteiger partial charge in [0.1, 0.15) is 43.2 Å². The van der Waals surface area contributed by atoms with Crippen molar-refractivity contribution in [3.05, 3.63) is 97.2 Å². The standard InChI is InChI=1S/C45H71O13P/c1-3-5-7-9-11-13-15-17-18-19-20-22-23-25-27-29-31-33-38(46)55-35-37(36-56-59(53,54)58-45-43(51)41(49)40(48)42(50)44(45)52)57-39(47)34-32-30-28-26-24-21-16-14-12-10-8-6-4-2/h5-8,10-14,16-18,20,22,25,27,37,40-45,48-52H,3-4,9,15,19,21,23-24,26,28-36H2,1-2H3,(H,53,54)/b7-5+,8-6+,12-10+,13-11+,16-14+,18-17+,22-20+,27-25+/t37?,40?,41-,42?,43?,44?,45?/m0/s1. The van der Waals surface area contributed by atoms with Crippen LogP contribution in [0.4, 0.5) is 0 Å². The smallest absolute Gasteiger partial charge is 0.462 e. The van der Waals surface area contributed by atoms with Gasteiger partial charge in [-0.25, -0.2) is 4.57 Å². The zero-order chi connectivity index (χ0) is 43.6. The molecular weight excluding hydrogens is 779 g/mol. The Labute approximate surface area is 351 Å². The lowest BCUT2D eigenvalue weighted by Gasteiger charge is -2.41. The molecule has 1 fully saturated rings. The number of allylic oxidation sites excluding steroid dienone is 16. The van der Waals surface area contributed by atoms with Crippen LogP contribution in [-0.2, 0) is 32.7 Å². The molecule has 0 aromatic carbocycles. The molecule has 0 spiro atoms. The van der Waals surface area contributed by atoms with Crippen LogP contribution in [0.5, 0.6) is 0 Å². The summed E-state index contributed by atoms with van der Waals surface area (Å²) in [7, 11) is -5.14. The van der Waals surface area contributed by atoms with E-state index in [1.165, 1.54) is 0 Å². The first-order chi connectivity index (χ1) is 28.4. The molecule has 1 rings (SSSR count). The Hall–Kier alpha value is -3.23. The van der Waals surface area contributed by atoms with E-state index in [0.717, 1.165) is 70.6 Å². The number of ether oxygens (including phenoxy) is 2. The van der Waals surface area contributed by atoms with E-state index in [1.54, 1.807) is 0 Å². The number of hydrogen-bond acceptors (Lipinski definition) is 12. The van der Waals surface area contributed by atoms with Crippen LogP contribution in [0.2, 0.25) is 0 Å². The van der Waals surface area contributed by atoms with E-state index in [4.69, 9.17) is 18.5 Å². The van der Waals surface area contributed by atoms with Crippen LogP contribution >= 0.6 is 7.82 Å². The van der Waals surface area contributed by atoms with Gasteiger partial charge in [-0.05, 0) is 70.6 Å². The van der Waals surface area contributed by atoms with Crippen LogP contribution in [-0.4, -0.2) is 98.3 Å². The minimum atomic E-state index is -5.14. The van der Waals surface area contributed by atoms with Crippen molar-refractivity contribution in [2.75, 3.05) is 13.2 Å². The van der Waals surface area contributed by atoms with Gasteiger partial charge in [0.25, 0.3) is 0 Å². The van der Waals surface area contributed by atoms with Gasteiger partial charge in [-0.15, -0.1) is 0 Å². The molecule has 0 saturated heterocycles. The van der Waals surface area contributed by atoms with Gasteiger partial charge >= 0.3 is 19.8 Å². The quantitative estimate of drug-likeness (QED) is 0.0128. The predicted molar refractivity (Wildman–Crippen MR) is 230 cm³/mol. The largest absolute Gasteiger partial charge is 0.472 e. The Morgan fingerprint density at radius 1 is 0.542 bits per heavy atom. The van der Waals surface area contributed by atoms with Crippen LogP contribution in [0, 0.1) is 0 Å². The second-order valence-corrected chi connectivity index (χ2v) is 15.5. The molecule has 0 heterocycles. The molecule has 1 saturated carbocycles. The van der Waals surface area contributed by atoms with Crippen LogP contribution in [0.25, 0.3) is 0 Å². The van der Waals surface area contributed by atoms with Crippen molar-refractivity contribution >= 4 is 19.8 Å². The lowest BCUT2D eigenvalue weighted by Crippen LogP contribution is -2.64. The van der Waals surface area contributed by atoms with Crippen molar-refractivity contribution in [2.24, 2.45) is 0 Å². The molecule has 0 radical (unpaired) electrons. The Bertz CT molecular complexity index is 1400. The van der Waals surface area contributed by atoms with Crippen molar-refractivity contribution in [1.29, 1.82) is 0 Å². The molecule has 6 N–H and O–H groups in total. The third kappa shape index (κ3) is 27.3. The van der Waals surface area contributed by atoms with E-state index < -0.39 is 75.7 Å². The van der Waals surface area contributed by atoms with Crippen LogP contribution in [0.3, 0.4) is 0 Å². The lowest BCUT2D eigenvalue weighted by atomic mass is 9.85. The molecule has 1 aliphatic rings. The molecule has 7 unspecified atom stereocenters. The monoisotopic (exact) mass is 850 g/mol. The van der Waals surface area contributed by atoms with E-state index in [0.29, 0.717) is 19.3 Å². The number of carbonyl (C=O) groups excluding carboxylic acids is 2. The van der Waals surface area contributed by atoms with Crippen molar-refractivity contribution < 1.29 is 63.1 Å². The first kappa shape index (κ1) is 53.8. The molecule has 1 aliphatic carbocycles. The third-order valence-electron chi connectivity index (χ3n) is 8.98. The highest BCUT2D eigenvalue weighted by molar-refractivity contribution is 7.47. The fraction of sp³-hybridized carbons (Fsp3) is 0.600. The van der Waals surface area contributed by atoms with Gasteiger partial charge < -0.3 is 39.9 Å². The maximum absolute atomic E-state index is 12.8. The zero-order valence-electron chi connectivity index (χ0n) is 35.0. The summed E-state index contributed by atoms with van der Waals surface area (Å²) in [5.74, 6) is -1.21. The van der Waals surface area contributed by atoms with Crippen LogP contribution in [0.1, 0.15) is 117 Å². The van der Waals surface area contributed by atoms with Gasteiger partial charge in [-0.1, -0.05) is 130 Å². The van der Waals surface area contributed by atoms with Gasteiger partial charge in [0, 0.05) is 12.8 Å². The summed E-state index contributed by atoms with van der Waals surface area (Å²) in [6.45, 7) is 2.95. The number of hydrogen-bond donors (Lipinski definition) is 6. The number of phosphoric ester groups is 1. The van der Waals surface area contributed by atoms with E-state index in [-0.39, 0.29) is 12.8 Å². The summed E-state index contributed by atoms with van der Waals surface area (Å²) < 4.78 is 33.3. The number of carbonyl (C=O) groups is 2. The summed E-state index contributed by atoms with van der Waals surface area (Å²) in [6, 6.07) is 0. The summed E-state index contributed by atoms with van der Waals surface area (Å²) in [6.07, 6.45) is 31.9. The van der Waals surface area contributed by atoms with Gasteiger partial charge in [0.05, 0.1) is 6.61 Å². The Morgan fingerprint density at radius 2 is 1.02 bits per heavy atom. The first-order valence-electron chi connectivity index (χ1n) is 21.1.